The summed E-state index contributed by atoms with van der Waals surface area (Å²) in [5.74, 6) is 0.715. The van der Waals surface area contributed by atoms with E-state index in [0.717, 1.165) is 28.6 Å². The third-order valence-corrected chi connectivity index (χ3v) is 4.63. The standard InChI is InChI=1S/C22H24N4O2/c1-4-11-24-22(27)25-16-8-6-7-15(12-16)21-19(14-23)18-13-17(28-3)9-10-20(18)26(21)5-2/h6-10,12-13H,4-5,11H2,1-3H3,(H2,24,25,27). The van der Waals surface area contributed by atoms with E-state index in [1.54, 1.807) is 7.11 Å². The molecule has 6 nitrogen and oxygen atoms in total. The Morgan fingerprint density at radius 3 is 2.71 bits per heavy atom. The van der Waals surface area contributed by atoms with Crippen molar-refractivity contribution in [2.45, 2.75) is 26.8 Å². The molecule has 0 radical (unpaired) electrons. The first kappa shape index (κ1) is 19.3. The van der Waals surface area contributed by atoms with Gasteiger partial charge >= 0.3 is 6.03 Å². The van der Waals surface area contributed by atoms with Gasteiger partial charge in [0.15, 0.2) is 0 Å². The van der Waals surface area contributed by atoms with Crippen molar-refractivity contribution in [1.29, 1.82) is 5.26 Å². The van der Waals surface area contributed by atoms with Gasteiger partial charge in [0.1, 0.15) is 11.8 Å². The van der Waals surface area contributed by atoms with Crippen LogP contribution in [0.4, 0.5) is 10.5 Å². The van der Waals surface area contributed by atoms with Crippen LogP contribution in [0.5, 0.6) is 5.75 Å². The molecule has 0 fully saturated rings. The smallest absolute Gasteiger partial charge is 0.319 e. The molecule has 0 bridgehead atoms. The number of carbonyl (C=O) groups is 1. The van der Waals surface area contributed by atoms with Gasteiger partial charge in [-0.25, -0.2) is 4.79 Å². The Hall–Kier alpha value is -3.46. The molecule has 144 valence electrons. The third kappa shape index (κ3) is 3.65. The zero-order chi connectivity index (χ0) is 20.1. The van der Waals surface area contributed by atoms with Gasteiger partial charge in [-0.05, 0) is 43.7 Å². The molecule has 0 aliphatic heterocycles. The van der Waals surface area contributed by atoms with Crippen molar-refractivity contribution in [3.8, 4) is 23.1 Å². The molecule has 2 aromatic carbocycles. The third-order valence-electron chi connectivity index (χ3n) is 4.63. The zero-order valence-corrected chi connectivity index (χ0v) is 16.4. The van der Waals surface area contributed by atoms with Crippen LogP contribution in [0.1, 0.15) is 25.8 Å². The lowest BCUT2D eigenvalue weighted by Crippen LogP contribution is -2.29. The number of rotatable bonds is 6. The fourth-order valence-corrected chi connectivity index (χ4v) is 3.36. The summed E-state index contributed by atoms with van der Waals surface area (Å²) in [6, 6.07) is 15.4. The average molecular weight is 376 g/mol. The van der Waals surface area contributed by atoms with Crippen molar-refractivity contribution < 1.29 is 9.53 Å². The highest BCUT2D eigenvalue weighted by Gasteiger charge is 2.19. The lowest BCUT2D eigenvalue weighted by atomic mass is 10.1. The first-order chi connectivity index (χ1) is 13.6. The van der Waals surface area contributed by atoms with Gasteiger partial charge in [0, 0.05) is 29.7 Å². The molecule has 2 amide bonds. The van der Waals surface area contributed by atoms with Gasteiger partial charge in [0.25, 0.3) is 0 Å². The Balaban J connectivity index is 2.09. The molecule has 3 rings (SSSR count). The Kier molecular flexibility index (Phi) is 5.85. The summed E-state index contributed by atoms with van der Waals surface area (Å²) in [6.07, 6.45) is 0.874. The van der Waals surface area contributed by atoms with E-state index in [4.69, 9.17) is 4.74 Å². The van der Waals surface area contributed by atoms with Gasteiger partial charge in [-0.3, -0.25) is 0 Å². The number of hydrogen-bond donors (Lipinski definition) is 2. The molecule has 1 heterocycles. The van der Waals surface area contributed by atoms with Crippen LogP contribution < -0.4 is 15.4 Å². The number of urea groups is 1. The highest BCUT2D eigenvalue weighted by atomic mass is 16.5. The number of aromatic nitrogens is 1. The number of nitrogens with zero attached hydrogens (tertiary/aromatic N) is 2. The number of aryl methyl sites for hydroxylation is 1. The quantitative estimate of drug-likeness (QED) is 0.652. The molecule has 0 spiro atoms. The minimum absolute atomic E-state index is 0.236. The summed E-state index contributed by atoms with van der Waals surface area (Å²) in [6.45, 7) is 5.39. The zero-order valence-electron chi connectivity index (χ0n) is 16.4. The van der Waals surface area contributed by atoms with Crippen LogP contribution >= 0.6 is 0 Å². The van der Waals surface area contributed by atoms with Crippen LogP contribution in [0.2, 0.25) is 0 Å². The number of amides is 2. The van der Waals surface area contributed by atoms with E-state index >= 15 is 0 Å². The van der Waals surface area contributed by atoms with Gasteiger partial charge in [0.2, 0.25) is 0 Å². The first-order valence-electron chi connectivity index (χ1n) is 9.38. The highest BCUT2D eigenvalue weighted by molar-refractivity contribution is 5.96. The summed E-state index contributed by atoms with van der Waals surface area (Å²) in [5, 5.41) is 16.4. The van der Waals surface area contributed by atoms with Gasteiger partial charge in [-0.1, -0.05) is 19.1 Å². The molecule has 0 atom stereocenters. The van der Waals surface area contributed by atoms with Crippen LogP contribution in [0.15, 0.2) is 42.5 Å². The summed E-state index contributed by atoms with van der Waals surface area (Å²) < 4.78 is 7.45. The van der Waals surface area contributed by atoms with Crippen molar-refractivity contribution in [3.63, 3.8) is 0 Å². The predicted molar refractivity (Wildman–Crippen MR) is 112 cm³/mol. The Labute approximate surface area is 164 Å². The number of carbonyl (C=O) groups excluding carboxylic acids is 1. The maximum Gasteiger partial charge on any atom is 0.319 e. The number of fused-ring (bicyclic) bond motifs is 1. The number of nitrogens with one attached hydrogen (secondary N) is 2. The molecule has 6 heteroatoms. The highest BCUT2D eigenvalue weighted by Crippen LogP contribution is 2.36. The molecular formula is C22H24N4O2. The maximum atomic E-state index is 12.0. The molecule has 0 saturated carbocycles. The number of anilines is 1. The van der Waals surface area contributed by atoms with Gasteiger partial charge in [-0.2, -0.15) is 5.26 Å². The molecule has 0 unspecified atom stereocenters. The monoisotopic (exact) mass is 376 g/mol. The second-order valence-electron chi connectivity index (χ2n) is 6.42. The van der Waals surface area contributed by atoms with Crippen molar-refractivity contribution >= 4 is 22.6 Å². The van der Waals surface area contributed by atoms with E-state index in [-0.39, 0.29) is 6.03 Å². The van der Waals surface area contributed by atoms with Crippen LogP contribution in [-0.2, 0) is 6.54 Å². The molecule has 2 N–H and O–H groups in total. The second-order valence-corrected chi connectivity index (χ2v) is 6.42. The van der Waals surface area contributed by atoms with Crippen molar-refractivity contribution in [2.75, 3.05) is 19.0 Å². The molecule has 28 heavy (non-hydrogen) atoms. The maximum absolute atomic E-state index is 12.0. The Bertz CT molecular complexity index is 1050. The molecule has 0 saturated heterocycles. The van der Waals surface area contributed by atoms with Gasteiger partial charge in [0.05, 0.1) is 23.9 Å². The summed E-state index contributed by atoms with van der Waals surface area (Å²) in [5.41, 5.74) is 3.98. The molecule has 0 aliphatic rings. The fraction of sp³-hybridized carbons (Fsp3) is 0.273. The van der Waals surface area contributed by atoms with Crippen molar-refractivity contribution in [1.82, 2.24) is 9.88 Å². The Morgan fingerprint density at radius 1 is 1.21 bits per heavy atom. The van der Waals surface area contributed by atoms with Crippen LogP contribution in [0.3, 0.4) is 0 Å². The summed E-state index contributed by atoms with van der Waals surface area (Å²) in [7, 11) is 1.61. The van der Waals surface area contributed by atoms with E-state index in [9.17, 15) is 10.1 Å². The van der Waals surface area contributed by atoms with E-state index < -0.39 is 0 Å². The van der Waals surface area contributed by atoms with E-state index in [0.29, 0.717) is 30.1 Å². The molecule has 1 aromatic heterocycles. The fourth-order valence-electron chi connectivity index (χ4n) is 3.36. The summed E-state index contributed by atoms with van der Waals surface area (Å²) in [4.78, 5) is 12.0. The molecular weight excluding hydrogens is 352 g/mol. The number of hydrogen-bond acceptors (Lipinski definition) is 3. The normalized spacial score (nSPS) is 10.5. The van der Waals surface area contributed by atoms with Gasteiger partial charge in [-0.15, -0.1) is 0 Å². The van der Waals surface area contributed by atoms with Gasteiger partial charge < -0.3 is 19.9 Å². The molecule has 0 aliphatic carbocycles. The van der Waals surface area contributed by atoms with Crippen LogP contribution in [0.25, 0.3) is 22.2 Å². The minimum atomic E-state index is -0.236. The van der Waals surface area contributed by atoms with Crippen LogP contribution in [-0.4, -0.2) is 24.3 Å². The summed E-state index contributed by atoms with van der Waals surface area (Å²) >= 11 is 0. The second kappa shape index (κ2) is 8.49. The lowest BCUT2D eigenvalue weighted by Gasteiger charge is -2.11. The lowest BCUT2D eigenvalue weighted by molar-refractivity contribution is 0.252. The Morgan fingerprint density at radius 2 is 2.04 bits per heavy atom. The SMILES string of the molecule is CCCNC(=O)Nc1cccc(-c2c(C#N)c3cc(OC)ccc3n2CC)c1. The van der Waals surface area contributed by atoms with Crippen LogP contribution in [0, 0.1) is 11.3 Å². The first-order valence-corrected chi connectivity index (χ1v) is 9.38. The number of benzene rings is 2. The van der Waals surface area contributed by atoms with E-state index in [2.05, 4.69) is 28.2 Å². The minimum Gasteiger partial charge on any atom is -0.497 e. The average Bonchev–Trinajstić information content (AvgIpc) is 3.04. The predicted octanol–water partition coefficient (Wildman–Crippen LogP) is 4.74. The van der Waals surface area contributed by atoms with Crippen molar-refractivity contribution in [2.24, 2.45) is 0 Å². The number of nitriles is 1. The number of methoxy groups -OCH3 is 1. The van der Waals surface area contributed by atoms with Crippen molar-refractivity contribution in [3.05, 3.63) is 48.0 Å². The number of ether oxygens (including phenoxy) is 1. The van der Waals surface area contributed by atoms with E-state index in [1.807, 2.05) is 49.4 Å². The topological polar surface area (TPSA) is 79.1 Å². The largest absolute Gasteiger partial charge is 0.497 e. The van der Waals surface area contributed by atoms with E-state index in [1.165, 1.54) is 0 Å². The molecule has 3 aromatic rings.